The van der Waals surface area contributed by atoms with Crippen LogP contribution in [-0.2, 0) is 129 Å². The summed E-state index contributed by atoms with van der Waals surface area (Å²) in [5.41, 5.74) is 7.37. The maximum Gasteiger partial charge on any atom is 0.472 e. The summed E-state index contributed by atoms with van der Waals surface area (Å²) in [5, 5.41) is 17.3. The zero-order chi connectivity index (χ0) is 71.3. The van der Waals surface area contributed by atoms with Crippen LogP contribution in [0.4, 0.5) is 0 Å². The Labute approximate surface area is 591 Å². The lowest BCUT2D eigenvalue weighted by atomic mass is 10.1. The third kappa shape index (κ3) is 50.0. The highest BCUT2D eigenvalue weighted by Crippen LogP contribution is 2.43. The molecule has 0 heterocycles. The molecule has 4 atom stereocenters. The zero-order valence-corrected chi connectivity index (χ0v) is 60.1. The largest absolute Gasteiger partial charge is 0.472 e. The maximum absolute atomic E-state index is 12.4. The van der Waals surface area contributed by atoms with Crippen molar-refractivity contribution in [1.82, 2.24) is 0 Å². The highest BCUT2D eigenvalue weighted by molar-refractivity contribution is 7.47. The molecule has 4 rings (SSSR count). The van der Waals surface area contributed by atoms with Gasteiger partial charge in [0.15, 0.2) is 0 Å². The number of rotatable bonds is 65. The fourth-order valence-corrected chi connectivity index (χ4v) is 9.71. The van der Waals surface area contributed by atoms with E-state index >= 15 is 0 Å². The van der Waals surface area contributed by atoms with E-state index < -0.39 is 15.6 Å². The fourth-order valence-electron chi connectivity index (χ4n) is 8.31. The van der Waals surface area contributed by atoms with Crippen molar-refractivity contribution < 1.29 is 123 Å². The summed E-state index contributed by atoms with van der Waals surface area (Å²) in [6, 6.07) is 31.3. The van der Waals surface area contributed by atoms with Crippen molar-refractivity contribution in [2.75, 3.05) is 225 Å². The van der Waals surface area contributed by atoms with Crippen molar-refractivity contribution in [3.05, 3.63) is 142 Å². The number of ether oxygens (including phenoxy) is 16. The molecule has 0 aromatic heterocycles. The summed E-state index contributed by atoms with van der Waals surface area (Å²) in [7, 11) is -8.49. The van der Waals surface area contributed by atoms with Gasteiger partial charge in [-0.1, -0.05) is 72.2 Å². The summed E-state index contributed by atoms with van der Waals surface area (Å²) in [6.07, 6.45) is 2.61. The van der Waals surface area contributed by atoms with Gasteiger partial charge < -0.3 is 95.8 Å². The average Bonchev–Trinajstić information content (AvgIpc) is 0.995. The number of phosphoric ester groups is 2. The van der Waals surface area contributed by atoms with Crippen molar-refractivity contribution >= 4 is 15.6 Å². The minimum Gasteiger partial charge on any atom is -0.394 e. The van der Waals surface area contributed by atoms with Gasteiger partial charge in [0.05, 0.1) is 250 Å². The molecule has 26 nitrogen and oxygen atoms in total. The third-order valence-corrected chi connectivity index (χ3v) is 15.8. The Morgan fingerprint density at radius 3 is 0.690 bits per heavy atom. The molecule has 0 saturated carbocycles. The van der Waals surface area contributed by atoms with Gasteiger partial charge in [0.2, 0.25) is 0 Å². The quantitative estimate of drug-likeness (QED) is 0.0191. The van der Waals surface area contributed by atoms with E-state index in [1.165, 1.54) is 0 Å². The van der Waals surface area contributed by atoms with E-state index in [9.17, 15) is 18.9 Å². The first-order chi connectivity index (χ1) is 48.9. The van der Waals surface area contributed by atoms with Crippen LogP contribution in [0.3, 0.4) is 0 Å². The number of phosphoric acid groups is 2. The second-order valence-electron chi connectivity index (χ2n) is 21.9. The molecule has 4 aromatic carbocycles. The summed E-state index contributed by atoms with van der Waals surface area (Å²) in [4.78, 5) is 20.2. The lowest BCUT2D eigenvalue weighted by Crippen LogP contribution is -2.15. The molecule has 562 valence electrons. The van der Waals surface area contributed by atoms with Crippen molar-refractivity contribution in [1.29, 1.82) is 0 Å². The van der Waals surface area contributed by atoms with Crippen LogP contribution in [0.2, 0.25) is 0 Å². The van der Waals surface area contributed by atoms with Crippen molar-refractivity contribution in [2.45, 2.75) is 65.0 Å². The summed E-state index contributed by atoms with van der Waals surface area (Å²) in [5.74, 6) is 12.8. The zero-order valence-electron chi connectivity index (χ0n) is 58.3. The van der Waals surface area contributed by atoms with Gasteiger partial charge in [0.25, 0.3) is 0 Å². The highest BCUT2D eigenvalue weighted by Gasteiger charge is 2.22. The molecule has 2 unspecified atom stereocenters. The Balaban J connectivity index is 0.930. The fraction of sp³-hybridized carbons (Fsp3) is 0.611. The second kappa shape index (κ2) is 59.8. The molecule has 0 fully saturated rings. The van der Waals surface area contributed by atoms with Crippen LogP contribution in [0, 0.1) is 23.7 Å². The monoisotopic (exact) mass is 1450 g/mol. The molecule has 28 heteroatoms. The Bertz CT molecular complexity index is 2630. The van der Waals surface area contributed by atoms with Crippen molar-refractivity contribution in [3.8, 4) is 23.7 Å². The van der Waals surface area contributed by atoms with Crippen LogP contribution in [0.25, 0.3) is 0 Å². The number of hydrogen-bond acceptors (Lipinski definition) is 24. The summed E-state index contributed by atoms with van der Waals surface area (Å²) < 4.78 is 133. The van der Waals surface area contributed by atoms with Crippen LogP contribution in [0.15, 0.2) is 97.1 Å². The van der Waals surface area contributed by atoms with Crippen molar-refractivity contribution in [2.24, 2.45) is 0 Å². The number of aliphatic hydroxyl groups excluding tert-OH is 2. The van der Waals surface area contributed by atoms with Gasteiger partial charge in [-0.15, -0.1) is 0 Å². The first-order valence-electron chi connectivity index (χ1n) is 34.1. The van der Waals surface area contributed by atoms with E-state index in [2.05, 4.69) is 37.5 Å². The predicted molar refractivity (Wildman–Crippen MR) is 372 cm³/mol. The van der Waals surface area contributed by atoms with Crippen LogP contribution < -0.4 is 0 Å². The van der Waals surface area contributed by atoms with E-state index in [0.29, 0.717) is 185 Å². The molecule has 0 saturated heterocycles. The Hall–Kier alpha value is -4.50. The van der Waals surface area contributed by atoms with E-state index in [-0.39, 0.29) is 78.3 Å². The SMILES string of the molecule is C[C@@H](CC[C@H](C)OCc1ccc(C#Cc2ccc(CCOP(=O)(O)OCCOCCOCCOCCOCCOCCOCCOCCO)cc2)cc1)OCc1ccc(C#Cc2ccc(CCOP(=O)(O)OCCOCCOCCOCCOCCOCCOCCOCCO)cc2)cc1. The minimum atomic E-state index is -4.25. The molecule has 0 radical (unpaired) electrons. The van der Waals surface area contributed by atoms with Crippen molar-refractivity contribution in [3.63, 3.8) is 0 Å². The summed E-state index contributed by atoms with van der Waals surface area (Å²) >= 11 is 0. The molecule has 0 aliphatic rings. The Morgan fingerprint density at radius 1 is 0.280 bits per heavy atom. The third-order valence-electron chi connectivity index (χ3n) is 13.8. The molecule has 0 amide bonds. The normalized spacial score (nSPS) is 13.3. The minimum absolute atomic E-state index is 0.000856. The standard InChI is InChI=1S/C72H108O26P2/c1-63(93-61-71-21-17-67(18-22-71)7-5-65-9-13-69(14-10-65)25-29-95-99(75,76)97-59-57-91-55-53-89-51-49-87-47-45-85-43-41-83-39-37-81-35-33-79-31-27-73)3-4-64(2)94-62-72-23-19-68(20-24-72)8-6-66-11-15-70(16-12-66)26-30-96-100(77,78)98-60-58-92-56-54-90-52-50-88-48-46-86-44-42-84-40-38-82-36-34-80-32-28-74/h9-24,63-64,73-74H,3-4,25-62H2,1-2H3,(H,75,76)(H,77,78)/t63-,64-/m0/s1. The topological polar surface area (TPSA) is 300 Å². The Kier molecular flexibility index (Phi) is 52.6. The average molecular weight is 1450 g/mol. The van der Waals surface area contributed by atoms with E-state index in [1.807, 2.05) is 97.1 Å². The van der Waals surface area contributed by atoms with Crippen LogP contribution in [0.5, 0.6) is 0 Å². The highest BCUT2D eigenvalue weighted by atomic mass is 31.2. The van der Waals surface area contributed by atoms with E-state index in [4.69, 9.17) is 104 Å². The second-order valence-corrected chi connectivity index (χ2v) is 24.8. The van der Waals surface area contributed by atoms with Gasteiger partial charge in [0.1, 0.15) is 0 Å². The van der Waals surface area contributed by atoms with Crippen LogP contribution in [0.1, 0.15) is 71.2 Å². The summed E-state index contributed by atoms with van der Waals surface area (Å²) in [6.45, 7) is 15.8. The molecule has 4 N–H and O–H groups in total. The number of hydrogen-bond donors (Lipinski definition) is 4. The molecule has 0 spiro atoms. The Morgan fingerprint density at radius 2 is 0.470 bits per heavy atom. The first-order valence-corrected chi connectivity index (χ1v) is 37.1. The first kappa shape index (κ1) is 87.9. The predicted octanol–water partition coefficient (Wildman–Crippen LogP) is 7.35. The maximum atomic E-state index is 12.4. The van der Waals surface area contributed by atoms with E-state index in [0.717, 1.165) is 57.3 Å². The number of aliphatic hydroxyl groups is 2. The van der Waals surface area contributed by atoms with E-state index in [1.54, 1.807) is 0 Å². The van der Waals surface area contributed by atoms with Gasteiger partial charge in [-0.2, -0.15) is 0 Å². The van der Waals surface area contributed by atoms with Gasteiger partial charge in [-0.25, -0.2) is 9.13 Å². The molecule has 0 aliphatic heterocycles. The number of benzene rings is 4. The molecule has 0 aliphatic carbocycles. The molecular weight excluding hydrogens is 1340 g/mol. The van der Waals surface area contributed by atoms with Crippen LogP contribution in [-0.4, -0.2) is 257 Å². The van der Waals surface area contributed by atoms with Gasteiger partial charge in [0, 0.05) is 22.3 Å². The van der Waals surface area contributed by atoms with Crippen LogP contribution >= 0.6 is 15.6 Å². The van der Waals surface area contributed by atoms with Gasteiger partial charge in [-0.3, -0.25) is 18.1 Å². The lowest BCUT2D eigenvalue weighted by molar-refractivity contribution is -0.0224. The lowest BCUT2D eigenvalue weighted by Gasteiger charge is -2.17. The van der Waals surface area contributed by atoms with Gasteiger partial charge >= 0.3 is 15.6 Å². The molecular formula is C72H108O26P2. The smallest absolute Gasteiger partial charge is 0.394 e. The molecule has 4 aromatic rings. The van der Waals surface area contributed by atoms with Gasteiger partial charge in [-0.05, 0) is 110 Å². The molecule has 100 heavy (non-hydrogen) atoms. The molecule has 0 bridgehead atoms.